The summed E-state index contributed by atoms with van der Waals surface area (Å²) in [6.07, 6.45) is 0.702. The Labute approximate surface area is 621 Å². The number of rotatable bonds is 15. The molecule has 9 N–H and O–H groups in total. The number of ether oxygens (including phenoxy) is 3. The number of piperazine rings is 3. The number of hydrogen-bond acceptors (Lipinski definition) is 18. The topological polar surface area (TPSA) is 274 Å². The molecule has 558 valence electrons. The van der Waals surface area contributed by atoms with Crippen LogP contribution in [-0.2, 0) is 6.18 Å². The first-order chi connectivity index (χ1) is 52.7. The zero-order valence-corrected chi connectivity index (χ0v) is 58.1. The average molecular weight is 1510 g/mol. The minimum absolute atomic E-state index is 0.0451. The lowest BCUT2D eigenvalue weighted by atomic mass is 10.2. The van der Waals surface area contributed by atoms with Crippen LogP contribution in [-0.4, -0.2) is 127 Å². The Balaban J connectivity index is 0.000000144. The fraction of sp³-hybridized carbons (Fsp3) is 0.171. The third kappa shape index (κ3) is 20.0. The number of alkyl halides is 3. The number of carbonyl (C=O) groups is 3. The molecule has 0 unspecified atom stereocenters. The van der Waals surface area contributed by atoms with Crippen LogP contribution in [0.5, 0.6) is 34.5 Å². The van der Waals surface area contributed by atoms with Gasteiger partial charge in [-0.3, -0.25) is 15.0 Å². The number of halogens is 9. The van der Waals surface area contributed by atoms with Crippen molar-refractivity contribution in [3.63, 3.8) is 0 Å². The van der Waals surface area contributed by atoms with Gasteiger partial charge in [0.2, 0.25) is 0 Å². The zero-order chi connectivity index (χ0) is 76.0. The van der Waals surface area contributed by atoms with Crippen LogP contribution in [0.4, 0.5) is 101 Å². The molecule has 0 bridgehead atoms. The molecule has 3 fully saturated rings. The molecule has 24 nitrogen and oxygen atoms in total. The van der Waals surface area contributed by atoms with Crippen molar-refractivity contribution in [2.75, 3.05) is 125 Å². The van der Waals surface area contributed by atoms with Gasteiger partial charge in [-0.05, 0) is 127 Å². The highest BCUT2D eigenvalue weighted by Crippen LogP contribution is 2.35. The van der Waals surface area contributed by atoms with E-state index < -0.39 is 58.9 Å². The van der Waals surface area contributed by atoms with Gasteiger partial charge < -0.3 is 76.8 Å². The van der Waals surface area contributed by atoms with E-state index in [1.54, 1.807) is 73.2 Å². The molecule has 15 rings (SSSR count). The van der Waals surface area contributed by atoms with E-state index in [9.17, 15) is 49.5 Å². The molecule has 0 atom stereocenters. The van der Waals surface area contributed by atoms with Gasteiger partial charge in [0.15, 0.2) is 0 Å². The first kappa shape index (κ1) is 74.5. The molecular formula is C76H65ClF8N18O6. The van der Waals surface area contributed by atoms with Gasteiger partial charge in [-0.25, -0.2) is 51.3 Å². The molecule has 109 heavy (non-hydrogen) atoms. The summed E-state index contributed by atoms with van der Waals surface area (Å²) in [7, 11) is 0. The Morgan fingerprint density at radius 3 is 1.06 bits per heavy atom. The van der Waals surface area contributed by atoms with Gasteiger partial charge in [-0.2, -0.15) is 13.2 Å². The van der Waals surface area contributed by atoms with Crippen LogP contribution >= 0.6 is 11.6 Å². The number of nitrogens with zero attached hydrogens (tertiary/aromatic N) is 9. The van der Waals surface area contributed by atoms with Crippen molar-refractivity contribution in [3.8, 4) is 34.5 Å². The van der Waals surface area contributed by atoms with E-state index in [4.69, 9.17) is 35.8 Å². The highest BCUT2D eigenvalue weighted by atomic mass is 35.5. The summed E-state index contributed by atoms with van der Waals surface area (Å²) in [6, 6.07) is 38.7. The summed E-state index contributed by atoms with van der Waals surface area (Å²) >= 11 is 5.63. The molecule has 0 spiro atoms. The number of hydrogen-bond donors (Lipinski definition) is 9. The Bertz CT molecular complexity index is 5310. The van der Waals surface area contributed by atoms with Crippen molar-refractivity contribution in [3.05, 3.63) is 234 Å². The molecule has 6 heterocycles. The molecule has 3 aromatic heterocycles. The van der Waals surface area contributed by atoms with Gasteiger partial charge in [0.05, 0.1) is 79.3 Å². The first-order valence-electron chi connectivity index (χ1n) is 33.9. The van der Waals surface area contributed by atoms with Crippen LogP contribution in [0, 0.1) is 29.1 Å². The number of urea groups is 3. The fourth-order valence-electron chi connectivity index (χ4n) is 11.4. The molecule has 6 amide bonds. The predicted octanol–water partition coefficient (Wildman–Crippen LogP) is 15.8. The second-order valence-corrected chi connectivity index (χ2v) is 24.9. The molecular weight excluding hydrogens is 1450 g/mol. The molecule has 3 saturated heterocycles. The van der Waals surface area contributed by atoms with Crippen LogP contribution < -0.4 is 76.8 Å². The Morgan fingerprint density at radius 1 is 0.367 bits per heavy atom. The lowest BCUT2D eigenvalue weighted by Crippen LogP contribution is -2.43. The fourth-order valence-corrected chi connectivity index (χ4v) is 11.5. The Morgan fingerprint density at radius 2 is 0.706 bits per heavy atom. The van der Waals surface area contributed by atoms with Crippen molar-refractivity contribution < 1.29 is 63.7 Å². The molecule has 33 heteroatoms. The number of amides is 6. The third-order valence-electron chi connectivity index (χ3n) is 16.8. The quantitative estimate of drug-likeness (QED) is 0.0432. The molecule has 9 aromatic carbocycles. The molecule has 0 radical (unpaired) electrons. The van der Waals surface area contributed by atoms with E-state index >= 15 is 0 Å². The molecule has 12 aromatic rings. The summed E-state index contributed by atoms with van der Waals surface area (Å²) in [5.74, 6) is 1.06. The largest absolute Gasteiger partial charge is 0.457 e. The van der Waals surface area contributed by atoms with Gasteiger partial charge in [-0.1, -0.05) is 23.7 Å². The van der Waals surface area contributed by atoms with E-state index in [-0.39, 0.29) is 56.4 Å². The van der Waals surface area contributed by atoms with Crippen molar-refractivity contribution in [1.82, 2.24) is 45.9 Å². The van der Waals surface area contributed by atoms with Gasteiger partial charge in [-0.15, -0.1) is 0 Å². The number of anilines is 9. The number of benzene rings is 9. The summed E-state index contributed by atoms with van der Waals surface area (Å²) in [4.78, 5) is 70.5. The SMILES string of the molecule is O=C(Nc1ccc(Cl)c(F)c1)Nc1ccc(Oc2ccc3ncc(N4CCNCC4)nc3c2)cc1F.O=C(Nc1cccc(C(F)(F)F)c1)Nc1ccc(Oc2ccc3ncc(N4CCNCC4)nc3c2)cc1F.O=C(Nc1cccc(F)c1)Nc1ccc(Oc2ccc3ncc(N4CCNCC4)nc3c2)cc1F. The third-order valence-corrected chi connectivity index (χ3v) is 17.1. The van der Waals surface area contributed by atoms with E-state index in [1.807, 2.05) is 0 Å². The molecule has 3 aliphatic heterocycles. The molecule has 3 aliphatic rings. The van der Waals surface area contributed by atoms with E-state index in [1.165, 1.54) is 78.9 Å². The number of aromatic nitrogens is 6. The smallest absolute Gasteiger partial charge is 0.416 e. The lowest BCUT2D eigenvalue weighted by molar-refractivity contribution is -0.137. The van der Waals surface area contributed by atoms with Gasteiger partial charge in [0, 0.05) is 132 Å². The second kappa shape index (κ2) is 34.2. The van der Waals surface area contributed by atoms with Crippen molar-refractivity contribution in [2.45, 2.75) is 6.18 Å². The van der Waals surface area contributed by atoms with Crippen molar-refractivity contribution >= 4 is 114 Å². The minimum Gasteiger partial charge on any atom is -0.457 e. The van der Waals surface area contributed by atoms with Crippen LogP contribution in [0.3, 0.4) is 0 Å². The normalized spacial score (nSPS) is 13.6. The highest BCUT2D eigenvalue weighted by Gasteiger charge is 2.31. The second-order valence-electron chi connectivity index (χ2n) is 24.5. The highest BCUT2D eigenvalue weighted by molar-refractivity contribution is 6.30. The van der Waals surface area contributed by atoms with Crippen LogP contribution in [0.2, 0.25) is 5.02 Å². The van der Waals surface area contributed by atoms with E-state index in [0.717, 1.165) is 149 Å². The van der Waals surface area contributed by atoms with Gasteiger partial charge >= 0.3 is 24.3 Å². The monoisotopic (exact) mass is 1510 g/mol. The maximum atomic E-state index is 14.7. The van der Waals surface area contributed by atoms with Crippen LogP contribution in [0.15, 0.2) is 195 Å². The molecule has 0 aliphatic carbocycles. The predicted molar refractivity (Wildman–Crippen MR) is 400 cm³/mol. The van der Waals surface area contributed by atoms with Crippen LogP contribution in [0.1, 0.15) is 5.56 Å². The number of carbonyl (C=O) groups excluding carboxylic acids is 3. The lowest BCUT2D eigenvalue weighted by Gasteiger charge is -2.28. The number of nitrogens with one attached hydrogen (secondary N) is 9. The minimum atomic E-state index is -4.55. The molecule has 0 saturated carbocycles. The standard InChI is InChI=1S/C26H22F4N6O2.C25H21ClF2N6O2.C25H22F2N6O2/c27-20-13-18(4-6-21(20)35-25(37)33-17-3-1-2-16(12-17)26(28,29)30)38-19-5-7-22-23(14-19)34-24(15-32-22)36-10-8-31-9-11-36;26-18-4-1-15(11-19(18)27)31-25(35)33-21-5-2-16(12-20(21)28)36-17-3-6-22-23(13-17)32-24(14-30-22)34-9-7-29-8-10-34;26-16-2-1-3-17(12-16)30-25(34)32-21-6-4-18(13-20(21)27)35-19-5-7-22-23(14-19)31-24(15-29-22)33-10-8-28-9-11-33/h1-7,12-15,31H,8-11H2,(H2,33,35,37);1-6,11-14,29H,7-10H2,(H2,31,33,35);1-7,12-15,28H,8-11H2,(H2,30,32,34). The Kier molecular flexibility index (Phi) is 23.4. The average Bonchev–Trinajstić information content (AvgIpc) is 0.816. The van der Waals surface area contributed by atoms with E-state index in [2.05, 4.69) is 82.5 Å². The van der Waals surface area contributed by atoms with Crippen molar-refractivity contribution in [2.24, 2.45) is 0 Å². The van der Waals surface area contributed by atoms with Crippen molar-refractivity contribution in [1.29, 1.82) is 0 Å². The maximum Gasteiger partial charge on any atom is 0.416 e. The number of fused-ring (bicyclic) bond motifs is 3. The zero-order valence-electron chi connectivity index (χ0n) is 57.3. The van der Waals surface area contributed by atoms with Crippen LogP contribution in [0.25, 0.3) is 33.1 Å². The van der Waals surface area contributed by atoms with Gasteiger partial charge in [0.25, 0.3) is 0 Å². The first-order valence-corrected chi connectivity index (χ1v) is 34.3. The summed E-state index contributed by atoms with van der Waals surface area (Å²) < 4.78 is 127. The maximum absolute atomic E-state index is 14.7. The summed E-state index contributed by atoms with van der Waals surface area (Å²) in [5, 5.41) is 24.0. The summed E-state index contributed by atoms with van der Waals surface area (Å²) in [5.41, 5.74) is 3.24. The van der Waals surface area contributed by atoms with E-state index in [0.29, 0.717) is 39.3 Å². The summed E-state index contributed by atoms with van der Waals surface area (Å²) in [6.45, 7) is 10.4. The Hall–Kier alpha value is -12.8. The van der Waals surface area contributed by atoms with Gasteiger partial charge in [0.1, 0.15) is 81.0 Å².